The highest BCUT2D eigenvalue weighted by Gasteiger charge is 2.21. The number of hydrogen-bond donors (Lipinski definition) is 1. The van der Waals surface area contributed by atoms with E-state index in [-0.39, 0.29) is 11.6 Å². The fraction of sp³-hybridized carbons (Fsp3) is 0.333. The Hall–Kier alpha value is -2.01. The van der Waals surface area contributed by atoms with Crippen LogP contribution >= 0.6 is 0 Å². The van der Waals surface area contributed by atoms with Gasteiger partial charge in [0.2, 0.25) is 0 Å². The molecule has 0 radical (unpaired) electrons. The number of nitrogens with zero attached hydrogens (tertiary/aromatic N) is 2. The van der Waals surface area contributed by atoms with Gasteiger partial charge in [-0.25, -0.2) is 14.4 Å². The quantitative estimate of drug-likeness (QED) is 0.911. The molecule has 0 fully saturated rings. The van der Waals surface area contributed by atoms with Crippen molar-refractivity contribution in [3.05, 3.63) is 53.4 Å². The molecule has 1 N–H and O–H groups in total. The molecule has 0 saturated heterocycles. The van der Waals surface area contributed by atoms with Crippen LogP contribution in [0, 0.1) is 12.7 Å². The molecule has 20 heavy (non-hydrogen) atoms. The average Bonchev–Trinajstić information content (AvgIpc) is 2.47. The molecule has 0 aliphatic rings. The predicted molar refractivity (Wildman–Crippen MR) is 75.2 cm³/mol. The average molecular weight is 275 g/mol. The molecule has 1 atom stereocenters. The van der Waals surface area contributed by atoms with Crippen molar-refractivity contribution in [2.24, 2.45) is 0 Å². The van der Waals surface area contributed by atoms with E-state index in [0.29, 0.717) is 17.9 Å². The number of nitrogens with one attached hydrogen (secondary N) is 1. The van der Waals surface area contributed by atoms with Gasteiger partial charge in [0.15, 0.2) is 11.6 Å². The summed E-state index contributed by atoms with van der Waals surface area (Å²) in [5.74, 6) is 0.382. The highest BCUT2D eigenvalue weighted by molar-refractivity contribution is 5.35. The van der Waals surface area contributed by atoms with Gasteiger partial charge in [-0.2, -0.15) is 0 Å². The van der Waals surface area contributed by atoms with E-state index in [1.165, 1.54) is 7.11 Å². The number of aromatic nitrogens is 2. The molecule has 0 bridgehead atoms. The molecular weight excluding hydrogens is 257 g/mol. The Morgan fingerprint density at radius 3 is 2.60 bits per heavy atom. The van der Waals surface area contributed by atoms with E-state index in [0.717, 1.165) is 5.56 Å². The van der Waals surface area contributed by atoms with Crippen LogP contribution in [0.4, 0.5) is 4.39 Å². The molecule has 1 aromatic heterocycles. The molecule has 0 spiro atoms. The monoisotopic (exact) mass is 275 g/mol. The molecule has 1 aromatic carbocycles. The van der Waals surface area contributed by atoms with Crippen molar-refractivity contribution >= 4 is 0 Å². The van der Waals surface area contributed by atoms with Crippen molar-refractivity contribution in [1.29, 1.82) is 0 Å². The van der Waals surface area contributed by atoms with Gasteiger partial charge in [-0.3, -0.25) is 0 Å². The highest BCUT2D eigenvalue weighted by atomic mass is 19.1. The maximum absolute atomic E-state index is 14.4. The third-order valence-electron chi connectivity index (χ3n) is 2.99. The van der Waals surface area contributed by atoms with Crippen molar-refractivity contribution in [3.8, 4) is 5.75 Å². The van der Waals surface area contributed by atoms with E-state index in [4.69, 9.17) is 4.74 Å². The summed E-state index contributed by atoms with van der Waals surface area (Å²) in [5, 5.41) is 3.21. The van der Waals surface area contributed by atoms with Crippen molar-refractivity contribution < 1.29 is 9.13 Å². The number of aryl methyl sites for hydroxylation is 1. The molecule has 5 heteroatoms. The van der Waals surface area contributed by atoms with Crippen molar-refractivity contribution in [1.82, 2.24) is 15.3 Å². The van der Waals surface area contributed by atoms with E-state index >= 15 is 0 Å². The lowest BCUT2D eigenvalue weighted by Gasteiger charge is -2.18. The smallest absolute Gasteiger partial charge is 0.170 e. The standard InChI is InChI=1S/C15H18FN3O/c1-4-17-14(15-18-8-10(2)9-19-15)11-6-5-7-12(20-3)13(11)16/h5-9,14,17H,4H2,1-3H3. The van der Waals surface area contributed by atoms with Crippen LogP contribution < -0.4 is 10.1 Å². The topological polar surface area (TPSA) is 47.0 Å². The Bertz CT molecular complexity index is 572. The molecule has 4 nitrogen and oxygen atoms in total. The van der Waals surface area contributed by atoms with Crippen LogP contribution in [0.2, 0.25) is 0 Å². The number of halogens is 1. The molecule has 0 aliphatic heterocycles. The summed E-state index contributed by atoms with van der Waals surface area (Å²) in [7, 11) is 1.45. The Morgan fingerprint density at radius 2 is 2.00 bits per heavy atom. The van der Waals surface area contributed by atoms with E-state index in [1.54, 1.807) is 30.6 Å². The second-order valence-electron chi connectivity index (χ2n) is 4.47. The highest BCUT2D eigenvalue weighted by Crippen LogP contribution is 2.27. The van der Waals surface area contributed by atoms with Gasteiger partial charge in [-0.05, 0) is 25.1 Å². The van der Waals surface area contributed by atoms with E-state index in [9.17, 15) is 4.39 Å². The van der Waals surface area contributed by atoms with Crippen LogP contribution in [0.1, 0.15) is 29.9 Å². The van der Waals surface area contributed by atoms with Gasteiger partial charge in [0, 0.05) is 18.0 Å². The first kappa shape index (κ1) is 14.4. The number of benzene rings is 1. The lowest BCUT2D eigenvalue weighted by Crippen LogP contribution is -2.25. The van der Waals surface area contributed by atoms with Crippen molar-refractivity contribution in [3.63, 3.8) is 0 Å². The molecule has 1 heterocycles. The van der Waals surface area contributed by atoms with E-state index in [2.05, 4.69) is 15.3 Å². The zero-order chi connectivity index (χ0) is 14.5. The molecular formula is C15H18FN3O. The van der Waals surface area contributed by atoms with Gasteiger partial charge in [-0.1, -0.05) is 19.1 Å². The summed E-state index contributed by atoms with van der Waals surface area (Å²) in [6.07, 6.45) is 3.45. The van der Waals surface area contributed by atoms with Gasteiger partial charge < -0.3 is 10.1 Å². The summed E-state index contributed by atoms with van der Waals surface area (Å²) in [6.45, 7) is 4.55. The Morgan fingerprint density at radius 1 is 1.30 bits per heavy atom. The van der Waals surface area contributed by atoms with Crippen LogP contribution in [0.3, 0.4) is 0 Å². The van der Waals surface area contributed by atoms with Gasteiger partial charge in [0.1, 0.15) is 5.82 Å². The molecule has 2 aromatic rings. The van der Waals surface area contributed by atoms with Crippen LogP contribution in [-0.4, -0.2) is 23.6 Å². The molecule has 2 rings (SSSR count). The van der Waals surface area contributed by atoms with Crippen LogP contribution in [0.25, 0.3) is 0 Å². The molecule has 1 unspecified atom stereocenters. The van der Waals surface area contributed by atoms with Crippen LogP contribution in [0.15, 0.2) is 30.6 Å². The zero-order valence-corrected chi connectivity index (χ0v) is 11.9. The van der Waals surface area contributed by atoms with Gasteiger partial charge in [0.25, 0.3) is 0 Å². The second-order valence-corrected chi connectivity index (χ2v) is 4.47. The molecule has 0 aliphatic carbocycles. The summed E-state index contributed by atoms with van der Waals surface area (Å²) >= 11 is 0. The molecule has 0 saturated carbocycles. The summed E-state index contributed by atoms with van der Waals surface area (Å²) < 4.78 is 19.4. The van der Waals surface area contributed by atoms with Crippen LogP contribution in [-0.2, 0) is 0 Å². The maximum Gasteiger partial charge on any atom is 0.170 e. The summed E-state index contributed by atoms with van der Waals surface area (Å²) in [6, 6.07) is 4.68. The van der Waals surface area contributed by atoms with Crippen molar-refractivity contribution in [2.45, 2.75) is 19.9 Å². The van der Waals surface area contributed by atoms with Gasteiger partial charge >= 0.3 is 0 Å². The summed E-state index contributed by atoms with van der Waals surface area (Å²) in [5.41, 5.74) is 1.45. The first-order chi connectivity index (χ1) is 9.67. The van der Waals surface area contributed by atoms with Gasteiger partial charge in [0.05, 0.1) is 13.2 Å². The van der Waals surface area contributed by atoms with Crippen molar-refractivity contribution in [2.75, 3.05) is 13.7 Å². The fourth-order valence-corrected chi connectivity index (χ4v) is 2.00. The maximum atomic E-state index is 14.4. The lowest BCUT2D eigenvalue weighted by molar-refractivity contribution is 0.381. The first-order valence-electron chi connectivity index (χ1n) is 6.51. The third-order valence-corrected chi connectivity index (χ3v) is 2.99. The fourth-order valence-electron chi connectivity index (χ4n) is 2.00. The van der Waals surface area contributed by atoms with E-state index in [1.807, 2.05) is 13.8 Å². The zero-order valence-electron chi connectivity index (χ0n) is 11.9. The number of hydrogen-bond acceptors (Lipinski definition) is 4. The number of methoxy groups -OCH3 is 1. The van der Waals surface area contributed by atoms with Crippen LogP contribution in [0.5, 0.6) is 5.75 Å². The minimum absolute atomic E-state index is 0.220. The second kappa shape index (κ2) is 6.43. The number of rotatable bonds is 5. The van der Waals surface area contributed by atoms with E-state index < -0.39 is 6.04 Å². The Balaban J connectivity index is 2.45. The molecule has 106 valence electrons. The first-order valence-corrected chi connectivity index (χ1v) is 6.51. The SMILES string of the molecule is CCNC(c1ncc(C)cn1)c1cccc(OC)c1F. The van der Waals surface area contributed by atoms with Gasteiger partial charge in [-0.15, -0.1) is 0 Å². The lowest BCUT2D eigenvalue weighted by atomic mass is 10.0. The molecule has 0 amide bonds. The normalized spacial score (nSPS) is 12.2. The largest absolute Gasteiger partial charge is 0.494 e. The predicted octanol–water partition coefficient (Wildman–Crippen LogP) is 2.63. The minimum Gasteiger partial charge on any atom is -0.494 e. The Kier molecular flexibility index (Phi) is 4.63. The number of ether oxygens (including phenoxy) is 1. The Labute approximate surface area is 118 Å². The minimum atomic E-state index is -0.393. The third kappa shape index (κ3) is 2.93. The summed E-state index contributed by atoms with van der Waals surface area (Å²) in [4.78, 5) is 8.58.